The highest BCUT2D eigenvalue weighted by Gasteiger charge is 2.48. The van der Waals surface area contributed by atoms with Crippen LogP contribution >= 0.6 is 0 Å². The first-order valence-corrected chi connectivity index (χ1v) is 11.2. The lowest BCUT2D eigenvalue weighted by atomic mass is 9.76. The summed E-state index contributed by atoms with van der Waals surface area (Å²) < 4.78 is 11.6. The number of rotatable bonds is 6. The van der Waals surface area contributed by atoms with Crippen LogP contribution in [0.3, 0.4) is 0 Å². The molecule has 3 aliphatic rings. The van der Waals surface area contributed by atoms with Gasteiger partial charge in [0.05, 0.1) is 19.3 Å². The molecule has 3 fully saturated rings. The highest BCUT2D eigenvalue weighted by atomic mass is 16.5. The molecule has 1 saturated heterocycles. The Morgan fingerprint density at radius 2 is 1.84 bits per heavy atom. The van der Waals surface area contributed by atoms with Crippen LogP contribution in [0.2, 0.25) is 0 Å². The number of ether oxygens (including phenoxy) is 2. The Bertz CT molecular complexity index is 857. The molecule has 4 amide bonds. The molecular formula is C23H31N3O5. The minimum Gasteiger partial charge on any atom is -0.493 e. The maximum atomic E-state index is 12.8. The quantitative estimate of drug-likeness (QED) is 0.603. The summed E-state index contributed by atoms with van der Waals surface area (Å²) in [5, 5.41) is 8.12. The molecule has 1 atom stereocenters. The molecule has 2 saturated carbocycles. The van der Waals surface area contributed by atoms with Gasteiger partial charge in [-0.25, -0.2) is 4.79 Å². The van der Waals surface area contributed by atoms with Gasteiger partial charge in [0.1, 0.15) is 5.54 Å². The van der Waals surface area contributed by atoms with Crippen LogP contribution < -0.4 is 25.4 Å². The Morgan fingerprint density at radius 3 is 2.45 bits per heavy atom. The lowest BCUT2D eigenvalue weighted by Gasteiger charge is -2.34. The van der Waals surface area contributed by atoms with Gasteiger partial charge in [-0.3, -0.25) is 14.9 Å². The number of amides is 4. The summed E-state index contributed by atoms with van der Waals surface area (Å²) in [7, 11) is 1.62. The monoisotopic (exact) mass is 429 g/mol. The van der Waals surface area contributed by atoms with Crippen LogP contribution in [0, 0.1) is 5.92 Å². The van der Waals surface area contributed by atoms with Gasteiger partial charge in [-0.05, 0) is 76.0 Å². The fraction of sp³-hybridized carbons (Fsp3) is 0.609. The summed E-state index contributed by atoms with van der Waals surface area (Å²) in [5.41, 5.74) is 0.0980. The van der Waals surface area contributed by atoms with Crippen LogP contribution in [0.1, 0.15) is 69.9 Å². The van der Waals surface area contributed by atoms with Crippen molar-refractivity contribution in [2.45, 2.75) is 76.0 Å². The van der Waals surface area contributed by atoms with Crippen LogP contribution in [-0.4, -0.2) is 36.6 Å². The van der Waals surface area contributed by atoms with E-state index >= 15 is 0 Å². The molecule has 1 aromatic rings. The summed E-state index contributed by atoms with van der Waals surface area (Å²) in [4.78, 5) is 36.4. The molecule has 1 aromatic carbocycles. The van der Waals surface area contributed by atoms with E-state index in [4.69, 9.17) is 9.47 Å². The van der Waals surface area contributed by atoms with Gasteiger partial charge in [-0.2, -0.15) is 0 Å². The molecule has 1 spiro atoms. The topological polar surface area (TPSA) is 106 Å². The van der Waals surface area contributed by atoms with Gasteiger partial charge < -0.3 is 20.1 Å². The molecule has 1 aliphatic heterocycles. The van der Waals surface area contributed by atoms with E-state index in [1.54, 1.807) is 7.11 Å². The van der Waals surface area contributed by atoms with E-state index < -0.39 is 11.6 Å². The van der Waals surface area contributed by atoms with Gasteiger partial charge in [-0.15, -0.1) is 0 Å². The van der Waals surface area contributed by atoms with Crippen molar-refractivity contribution in [3.8, 4) is 11.5 Å². The van der Waals surface area contributed by atoms with Crippen molar-refractivity contribution in [1.82, 2.24) is 16.0 Å². The molecule has 8 nitrogen and oxygen atoms in total. The highest BCUT2D eigenvalue weighted by molar-refractivity contribution is 6.07. The summed E-state index contributed by atoms with van der Waals surface area (Å²) in [6, 6.07) is 5.17. The minimum absolute atomic E-state index is 0.0302. The van der Waals surface area contributed by atoms with Gasteiger partial charge in [0, 0.05) is 5.92 Å². The molecule has 0 bridgehead atoms. The Hall–Kier alpha value is -2.77. The number of hydrogen-bond donors (Lipinski definition) is 3. The molecule has 1 heterocycles. The van der Waals surface area contributed by atoms with Crippen molar-refractivity contribution >= 4 is 17.8 Å². The summed E-state index contributed by atoms with van der Waals surface area (Å²) >= 11 is 0. The van der Waals surface area contributed by atoms with Gasteiger partial charge in [-0.1, -0.05) is 6.07 Å². The number of hydrogen-bond acceptors (Lipinski definition) is 5. The van der Waals surface area contributed by atoms with E-state index in [0.29, 0.717) is 31.4 Å². The molecular weight excluding hydrogens is 398 g/mol. The molecule has 4 rings (SSSR count). The van der Waals surface area contributed by atoms with E-state index in [9.17, 15) is 14.4 Å². The Kier molecular flexibility index (Phi) is 6.07. The first-order chi connectivity index (χ1) is 14.9. The lowest BCUT2D eigenvalue weighted by molar-refractivity contribution is -0.130. The SMILES string of the molecule is COc1cc(C(C)NC(=O)C2CCC3(CC2)NC(=O)NC3=O)ccc1OC1CCCC1. The molecule has 0 radical (unpaired) electrons. The Balaban J connectivity index is 1.34. The van der Waals surface area contributed by atoms with E-state index in [2.05, 4.69) is 16.0 Å². The highest BCUT2D eigenvalue weighted by Crippen LogP contribution is 2.36. The molecule has 8 heteroatoms. The number of urea groups is 1. The third-order valence-electron chi connectivity index (χ3n) is 6.87. The normalized spacial score (nSPS) is 27.0. The van der Waals surface area contributed by atoms with Crippen molar-refractivity contribution in [3.05, 3.63) is 23.8 Å². The van der Waals surface area contributed by atoms with E-state index in [1.165, 1.54) is 12.8 Å². The smallest absolute Gasteiger partial charge is 0.322 e. The van der Waals surface area contributed by atoms with Gasteiger partial charge >= 0.3 is 6.03 Å². The number of carbonyl (C=O) groups excluding carboxylic acids is 3. The number of carbonyl (C=O) groups is 3. The number of nitrogens with one attached hydrogen (secondary N) is 3. The van der Waals surface area contributed by atoms with E-state index in [0.717, 1.165) is 24.2 Å². The predicted molar refractivity (Wildman–Crippen MR) is 114 cm³/mol. The van der Waals surface area contributed by atoms with Crippen molar-refractivity contribution in [2.75, 3.05) is 7.11 Å². The first kappa shape index (κ1) is 21.5. The molecule has 0 aromatic heterocycles. The molecule has 2 aliphatic carbocycles. The van der Waals surface area contributed by atoms with Crippen LogP contribution in [0.4, 0.5) is 4.79 Å². The van der Waals surface area contributed by atoms with Crippen molar-refractivity contribution in [1.29, 1.82) is 0 Å². The summed E-state index contributed by atoms with van der Waals surface area (Å²) in [6.45, 7) is 1.94. The fourth-order valence-corrected chi connectivity index (χ4v) is 4.90. The predicted octanol–water partition coefficient (Wildman–Crippen LogP) is 2.96. The van der Waals surface area contributed by atoms with Gasteiger partial charge in [0.2, 0.25) is 5.91 Å². The van der Waals surface area contributed by atoms with Crippen molar-refractivity contribution in [3.63, 3.8) is 0 Å². The summed E-state index contributed by atoms with van der Waals surface area (Å²) in [6.07, 6.45) is 6.86. The van der Waals surface area contributed by atoms with Crippen LogP contribution in [0.15, 0.2) is 18.2 Å². The number of methoxy groups -OCH3 is 1. The maximum Gasteiger partial charge on any atom is 0.322 e. The standard InChI is InChI=1S/C23H31N3O5/c1-14(16-7-8-18(19(13-16)30-2)31-17-5-3-4-6-17)24-20(27)15-9-11-23(12-10-15)21(28)25-22(29)26-23/h7-8,13-15,17H,3-6,9-12H2,1-2H3,(H,24,27)(H2,25,26,28,29). The minimum atomic E-state index is -0.845. The third-order valence-corrected chi connectivity index (χ3v) is 6.87. The second-order valence-corrected chi connectivity index (χ2v) is 8.93. The third kappa shape index (κ3) is 4.48. The van der Waals surface area contributed by atoms with Gasteiger partial charge in [0.15, 0.2) is 11.5 Å². The molecule has 168 valence electrons. The molecule has 1 unspecified atom stereocenters. The zero-order valence-electron chi connectivity index (χ0n) is 18.2. The zero-order valence-corrected chi connectivity index (χ0v) is 18.2. The maximum absolute atomic E-state index is 12.8. The van der Waals surface area contributed by atoms with Crippen LogP contribution in [0.5, 0.6) is 11.5 Å². The Morgan fingerprint density at radius 1 is 1.13 bits per heavy atom. The Labute approximate surface area is 182 Å². The average Bonchev–Trinajstić information content (AvgIpc) is 3.36. The van der Waals surface area contributed by atoms with E-state index in [1.807, 2.05) is 25.1 Å². The lowest BCUT2D eigenvalue weighted by Crippen LogP contribution is -2.51. The second kappa shape index (κ2) is 8.77. The van der Waals surface area contributed by atoms with Crippen molar-refractivity contribution in [2.24, 2.45) is 5.92 Å². The fourth-order valence-electron chi connectivity index (χ4n) is 4.90. The van der Waals surface area contributed by atoms with E-state index in [-0.39, 0.29) is 29.9 Å². The zero-order chi connectivity index (χ0) is 22.0. The first-order valence-electron chi connectivity index (χ1n) is 11.2. The molecule has 3 N–H and O–H groups in total. The van der Waals surface area contributed by atoms with Crippen LogP contribution in [0.25, 0.3) is 0 Å². The summed E-state index contributed by atoms with van der Waals surface area (Å²) in [5.74, 6) is 0.929. The molecule has 31 heavy (non-hydrogen) atoms. The number of imide groups is 1. The average molecular weight is 430 g/mol. The van der Waals surface area contributed by atoms with Crippen molar-refractivity contribution < 1.29 is 23.9 Å². The largest absolute Gasteiger partial charge is 0.493 e. The van der Waals surface area contributed by atoms with Crippen LogP contribution in [-0.2, 0) is 9.59 Å². The van der Waals surface area contributed by atoms with Gasteiger partial charge in [0.25, 0.3) is 5.91 Å². The second-order valence-electron chi connectivity index (χ2n) is 8.93. The number of benzene rings is 1.